The van der Waals surface area contributed by atoms with E-state index < -0.39 is 11.1 Å². The van der Waals surface area contributed by atoms with Crippen molar-refractivity contribution < 1.29 is 13.9 Å². The second kappa shape index (κ2) is 10.0. The van der Waals surface area contributed by atoms with Gasteiger partial charge >= 0.3 is 0 Å². The fraction of sp³-hybridized carbons (Fsp3) is 0.130. The monoisotopic (exact) mass is 483 g/mol. The third-order valence-corrected chi connectivity index (χ3v) is 6.10. The number of halogens is 2. The first-order valence-electron chi connectivity index (χ1n) is 9.89. The van der Waals surface area contributed by atoms with Crippen LogP contribution < -0.4 is 10.1 Å². The number of thioether (sulfide) groups is 1. The van der Waals surface area contributed by atoms with Crippen LogP contribution in [0, 0.1) is 5.82 Å². The van der Waals surface area contributed by atoms with Crippen molar-refractivity contribution in [2.24, 2.45) is 0 Å². The van der Waals surface area contributed by atoms with Gasteiger partial charge in [-0.25, -0.2) is 4.39 Å². The van der Waals surface area contributed by atoms with Crippen molar-refractivity contribution in [3.63, 3.8) is 0 Å². The van der Waals surface area contributed by atoms with Crippen molar-refractivity contribution in [3.05, 3.63) is 77.8 Å². The van der Waals surface area contributed by atoms with Gasteiger partial charge in [0, 0.05) is 23.6 Å². The molecule has 2 heterocycles. The van der Waals surface area contributed by atoms with Gasteiger partial charge in [0.05, 0.1) is 23.1 Å². The van der Waals surface area contributed by atoms with Crippen molar-refractivity contribution in [1.29, 1.82) is 0 Å². The summed E-state index contributed by atoms with van der Waals surface area (Å²) in [4.78, 5) is 16.9. The zero-order valence-corrected chi connectivity index (χ0v) is 19.3. The van der Waals surface area contributed by atoms with E-state index in [4.69, 9.17) is 16.3 Å². The highest BCUT2D eigenvalue weighted by Gasteiger charge is 2.22. The molecule has 10 heteroatoms. The molecule has 33 heavy (non-hydrogen) atoms. The number of nitrogens with zero attached hydrogens (tertiary/aromatic N) is 4. The smallest absolute Gasteiger partial charge is 0.237 e. The van der Waals surface area contributed by atoms with Gasteiger partial charge in [0.2, 0.25) is 5.91 Å². The van der Waals surface area contributed by atoms with Crippen LogP contribution in [-0.2, 0) is 4.79 Å². The highest BCUT2D eigenvalue weighted by Crippen LogP contribution is 2.31. The van der Waals surface area contributed by atoms with Crippen LogP contribution in [0.4, 0.5) is 10.1 Å². The number of pyridine rings is 1. The molecular weight excluding hydrogens is 465 g/mol. The average molecular weight is 484 g/mol. The lowest BCUT2D eigenvalue weighted by Crippen LogP contribution is -2.23. The van der Waals surface area contributed by atoms with Crippen LogP contribution in [0.15, 0.2) is 72.1 Å². The van der Waals surface area contributed by atoms with Crippen molar-refractivity contribution >= 4 is 35.0 Å². The fourth-order valence-electron chi connectivity index (χ4n) is 3.04. The minimum absolute atomic E-state index is 0.127. The van der Waals surface area contributed by atoms with Gasteiger partial charge in [-0.2, -0.15) is 0 Å². The minimum atomic E-state index is -0.544. The number of hydrogen-bond donors (Lipinski definition) is 1. The number of benzene rings is 2. The van der Waals surface area contributed by atoms with Gasteiger partial charge in [0.25, 0.3) is 0 Å². The molecule has 1 unspecified atom stereocenters. The molecule has 7 nitrogen and oxygen atoms in total. The summed E-state index contributed by atoms with van der Waals surface area (Å²) >= 11 is 7.28. The number of amides is 1. The van der Waals surface area contributed by atoms with Crippen LogP contribution in [0.1, 0.15) is 6.92 Å². The second-order valence-electron chi connectivity index (χ2n) is 6.95. The van der Waals surface area contributed by atoms with Gasteiger partial charge in [-0.3, -0.25) is 14.3 Å². The lowest BCUT2D eigenvalue weighted by Gasteiger charge is -2.15. The van der Waals surface area contributed by atoms with E-state index >= 15 is 0 Å². The van der Waals surface area contributed by atoms with E-state index in [1.807, 2.05) is 41.0 Å². The molecule has 2 aromatic carbocycles. The Morgan fingerprint density at radius 3 is 2.52 bits per heavy atom. The number of hydrogen-bond acceptors (Lipinski definition) is 6. The first-order valence-corrected chi connectivity index (χ1v) is 11.1. The Balaban J connectivity index is 1.64. The molecule has 0 spiro atoms. The van der Waals surface area contributed by atoms with Crippen molar-refractivity contribution in [1.82, 2.24) is 19.7 Å². The van der Waals surface area contributed by atoms with Crippen LogP contribution >= 0.6 is 23.4 Å². The average Bonchev–Trinajstić information content (AvgIpc) is 3.24. The molecule has 0 bridgehead atoms. The van der Waals surface area contributed by atoms with Gasteiger partial charge in [-0.15, -0.1) is 10.2 Å². The topological polar surface area (TPSA) is 81.9 Å². The van der Waals surface area contributed by atoms with Crippen LogP contribution in [-0.4, -0.2) is 38.0 Å². The first kappa shape index (κ1) is 22.8. The maximum absolute atomic E-state index is 13.3. The molecule has 0 fully saturated rings. The Hall–Kier alpha value is -3.43. The highest BCUT2D eigenvalue weighted by molar-refractivity contribution is 8.00. The van der Waals surface area contributed by atoms with E-state index in [9.17, 15) is 9.18 Å². The summed E-state index contributed by atoms with van der Waals surface area (Å²) in [7, 11) is 1.60. The maximum atomic E-state index is 13.3. The summed E-state index contributed by atoms with van der Waals surface area (Å²) in [6, 6.07) is 14.9. The second-order valence-corrected chi connectivity index (χ2v) is 8.66. The van der Waals surface area contributed by atoms with Gasteiger partial charge in [-0.05, 0) is 61.5 Å². The Morgan fingerprint density at radius 1 is 1.12 bits per heavy atom. The number of methoxy groups -OCH3 is 1. The SMILES string of the molecule is COc1ccc(-n2c(SC(C)C(=O)Nc3ccc(F)cc3Cl)nnc2-c2ccncc2)cc1. The number of ether oxygens (including phenoxy) is 1. The normalized spacial score (nSPS) is 11.8. The highest BCUT2D eigenvalue weighted by atomic mass is 35.5. The molecule has 2 aromatic heterocycles. The summed E-state index contributed by atoms with van der Waals surface area (Å²) in [5.74, 6) is 0.551. The van der Waals surface area contributed by atoms with Crippen molar-refractivity contribution in [2.75, 3.05) is 12.4 Å². The predicted molar refractivity (Wildman–Crippen MR) is 127 cm³/mol. The van der Waals surface area contributed by atoms with Gasteiger partial charge in [0.15, 0.2) is 11.0 Å². The molecule has 4 rings (SSSR count). The Kier molecular flexibility index (Phi) is 6.90. The number of carbonyl (C=O) groups is 1. The number of aromatic nitrogens is 4. The fourth-order valence-corrected chi connectivity index (χ4v) is 4.12. The Bertz CT molecular complexity index is 1270. The lowest BCUT2D eigenvalue weighted by atomic mass is 10.2. The quantitative estimate of drug-likeness (QED) is 0.361. The Morgan fingerprint density at radius 2 is 1.85 bits per heavy atom. The predicted octanol–water partition coefficient (Wildman–Crippen LogP) is 5.25. The van der Waals surface area contributed by atoms with Crippen molar-refractivity contribution in [2.45, 2.75) is 17.3 Å². The van der Waals surface area contributed by atoms with Crippen molar-refractivity contribution in [3.8, 4) is 22.8 Å². The van der Waals surface area contributed by atoms with Crippen LogP contribution in [0.2, 0.25) is 5.02 Å². The van der Waals surface area contributed by atoms with E-state index in [1.165, 1.54) is 23.9 Å². The van der Waals surface area contributed by atoms with Crippen LogP contribution in [0.25, 0.3) is 17.1 Å². The molecule has 0 saturated heterocycles. The van der Waals surface area contributed by atoms with E-state index in [2.05, 4.69) is 20.5 Å². The summed E-state index contributed by atoms with van der Waals surface area (Å²) in [5, 5.41) is 11.5. The molecule has 1 atom stereocenters. The molecule has 4 aromatic rings. The maximum Gasteiger partial charge on any atom is 0.237 e. The lowest BCUT2D eigenvalue weighted by molar-refractivity contribution is -0.115. The van der Waals surface area contributed by atoms with E-state index in [0.717, 1.165) is 23.1 Å². The van der Waals surface area contributed by atoms with Crippen LogP contribution in [0.3, 0.4) is 0 Å². The van der Waals surface area contributed by atoms with Gasteiger partial charge < -0.3 is 10.1 Å². The molecule has 0 aliphatic carbocycles. The van der Waals surface area contributed by atoms with Gasteiger partial charge in [0.1, 0.15) is 11.6 Å². The molecule has 0 radical (unpaired) electrons. The minimum Gasteiger partial charge on any atom is -0.497 e. The number of anilines is 1. The number of nitrogens with one attached hydrogen (secondary N) is 1. The molecule has 168 valence electrons. The first-order chi connectivity index (χ1) is 16.0. The number of carbonyl (C=O) groups excluding carboxylic acids is 1. The van der Waals surface area contributed by atoms with Gasteiger partial charge in [-0.1, -0.05) is 23.4 Å². The number of rotatable bonds is 7. The van der Waals surface area contributed by atoms with E-state index in [0.29, 0.717) is 16.7 Å². The largest absolute Gasteiger partial charge is 0.497 e. The zero-order chi connectivity index (χ0) is 23.4. The summed E-state index contributed by atoms with van der Waals surface area (Å²) in [6.07, 6.45) is 3.36. The third kappa shape index (κ3) is 5.15. The molecule has 1 amide bonds. The summed E-state index contributed by atoms with van der Waals surface area (Å²) < 4.78 is 20.4. The Labute approximate surface area is 199 Å². The standard InChI is InChI=1S/C23H19ClFN5O2S/c1-14(22(31)27-20-8-3-16(25)13-19(20)24)33-23-29-28-21(15-9-11-26-12-10-15)30(23)17-4-6-18(32-2)7-5-17/h3-14H,1-2H3,(H,27,31). The summed E-state index contributed by atoms with van der Waals surface area (Å²) in [6.45, 7) is 1.75. The van der Waals surface area contributed by atoms with E-state index in [1.54, 1.807) is 26.4 Å². The molecule has 0 aliphatic heterocycles. The molecular formula is C23H19ClFN5O2S. The molecule has 0 aliphatic rings. The summed E-state index contributed by atoms with van der Waals surface area (Å²) in [5.41, 5.74) is 1.98. The third-order valence-electron chi connectivity index (χ3n) is 4.74. The zero-order valence-electron chi connectivity index (χ0n) is 17.7. The molecule has 0 saturated carbocycles. The molecule has 1 N–H and O–H groups in total. The van der Waals surface area contributed by atoms with Crippen LogP contribution in [0.5, 0.6) is 5.75 Å². The van der Waals surface area contributed by atoms with E-state index in [-0.39, 0.29) is 10.9 Å².